The van der Waals surface area contributed by atoms with Crippen molar-refractivity contribution in [3.05, 3.63) is 44.8 Å². The van der Waals surface area contributed by atoms with Gasteiger partial charge in [-0.15, -0.1) is 0 Å². The summed E-state index contributed by atoms with van der Waals surface area (Å²) in [5, 5.41) is 9.85. The van der Waals surface area contributed by atoms with Gasteiger partial charge >= 0.3 is 11.6 Å². The van der Waals surface area contributed by atoms with Crippen LogP contribution in [0.1, 0.15) is 11.1 Å². The molecule has 0 radical (unpaired) electrons. The van der Waals surface area contributed by atoms with E-state index in [1.54, 1.807) is 19.1 Å². The first-order valence-corrected chi connectivity index (χ1v) is 5.30. The lowest BCUT2D eigenvalue weighted by atomic mass is 10.1. The third kappa shape index (κ3) is 2.31. The summed E-state index contributed by atoms with van der Waals surface area (Å²) in [5.74, 6) is -1.01. The van der Waals surface area contributed by atoms with Crippen LogP contribution in [-0.4, -0.2) is 11.1 Å². The second-order valence-electron chi connectivity index (χ2n) is 3.76. The molecule has 0 unspecified atom stereocenters. The number of aliphatic carboxylic acids is 1. The van der Waals surface area contributed by atoms with Crippen molar-refractivity contribution in [3.63, 3.8) is 0 Å². The summed E-state index contributed by atoms with van der Waals surface area (Å²) in [6, 6.07) is 4.43. The lowest BCUT2D eigenvalue weighted by Gasteiger charge is -2.05. The Morgan fingerprint density at radius 1 is 1.41 bits per heavy atom. The molecule has 0 aliphatic heterocycles. The Hall–Kier alpha value is -1.81. The van der Waals surface area contributed by atoms with Gasteiger partial charge in [-0.2, -0.15) is 0 Å². The molecule has 0 atom stereocenters. The summed E-state index contributed by atoms with van der Waals surface area (Å²) in [4.78, 5) is 22.0. The molecule has 4 nitrogen and oxygen atoms in total. The van der Waals surface area contributed by atoms with Gasteiger partial charge in [0.2, 0.25) is 0 Å². The van der Waals surface area contributed by atoms with Crippen molar-refractivity contribution in [3.8, 4) is 0 Å². The number of rotatable bonds is 2. The largest absolute Gasteiger partial charge is 0.481 e. The molecule has 0 aliphatic carbocycles. The summed E-state index contributed by atoms with van der Waals surface area (Å²) in [7, 11) is 0. The number of halogens is 1. The summed E-state index contributed by atoms with van der Waals surface area (Å²) >= 11 is 5.97. The Bertz CT molecular complexity index is 657. The summed E-state index contributed by atoms with van der Waals surface area (Å²) in [6.45, 7) is 1.78. The molecule has 0 saturated heterocycles. The molecular weight excluding hydrogens is 244 g/mol. The Labute approximate surface area is 101 Å². The van der Waals surface area contributed by atoms with Gasteiger partial charge in [0.05, 0.1) is 6.42 Å². The number of aryl methyl sites for hydroxylation is 1. The number of carboxylic acids is 1. The number of carbonyl (C=O) groups is 1. The second kappa shape index (κ2) is 4.22. The first kappa shape index (κ1) is 11.7. The van der Waals surface area contributed by atoms with E-state index in [2.05, 4.69) is 0 Å². The maximum absolute atomic E-state index is 11.3. The predicted octanol–water partition coefficient (Wildman–Crippen LogP) is 2.38. The van der Waals surface area contributed by atoms with Crippen molar-refractivity contribution in [2.24, 2.45) is 0 Å². The minimum atomic E-state index is -1.01. The molecule has 1 aromatic heterocycles. The van der Waals surface area contributed by atoms with E-state index in [0.29, 0.717) is 21.6 Å². The lowest BCUT2D eigenvalue weighted by molar-refractivity contribution is -0.136. The van der Waals surface area contributed by atoms with Crippen LogP contribution < -0.4 is 5.63 Å². The van der Waals surface area contributed by atoms with E-state index in [9.17, 15) is 9.59 Å². The molecule has 0 spiro atoms. The Morgan fingerprint density at radius 3 is 2.76 bits per heavy atom. The van der Waals surface area contributed by atoms with E-state index >= 15 is 0 Å². The van der Waals surface area contributed by atoms with Crippen LogP contribution in [0, 0.1) is 6.92 Å². The molecule has 1 N–H and O–H groups in total. The van der Waals surface area contributed by atoms with Crippen molar-refractivity contribution in [2.45, 2.75) is 13.3 Å². The number of hydrogen-bond donors (Lipinski definition) is 1. The lowest BCUT2D eigenvalue weighted by Crippen LogP contribution is -2.06. The van der Waals surface area contributed by atoms with Gasteiger partial charge < -0.3 is 9.52 Å². The Morgan fingerprint density at radius 2 is 2.12 bits per heavy atom. The maximum atomic E-state index is 11.3. The average molecular weight is 253 g/mol. The van der Waals surface area contributed by atoms with Crippen LogP contribution in [0.2, 0.25) is 5.02 Å². The molecule has 88 valence electrons. The molecule has 1 heterocycles. The molecular formula is C12H9ClO4. The standard InChI is InChI=1S/C12H9ClO4/c1-6-2-10-8(5-9(6)13)7(3-11(14)15)4-12(16)17-10/h2,4-5H,3H2,1H3,(H,14,15). The normalized spacial score (nSPS) is 10.7. The maximum Gasteiger partial charge on any atom is 0.336 e. The zero-order valence-electron chi connectivity index (χ0n) is 8.99. The van der Waals surface area contributed by atoms with Gasteiger partial charge in [-0.25, -0.2) is 4.79 Å². The highest BCUT2D eigenvalue weighted by Gasteiger charge is 2.10. The smallest absolute Gasteiger partial charge is 0.336 e. The first-order valence-electron chi connectivity index (χ1n) is 4.92. The minimum Gasteiger partial charge on any atom is -0.481 e. The minimum absolute atomic E-state index is 0.235. The van der Waals surface area contributed by atoms with Gasteiger partial charge in [0, 0.05) is 16.5 Å². The third-order valence-electron chi connectivity index (χ3n) is 2.45. The van der Waals surface area contributed by atoms with Crippen molar-refractivity contribution >= 4 is 28.5 Å². The van der Waals surface area contributed by atoms with E-state index in [1.807, 2.05) is 0 Å². The van der Waals surface area contributed by atoms with Crippen molar-refractivity contribution in [1.29, 1.82) is 0 Å². The van der Waals surface area contributed by atoms with Gasteiger partial charge in [0.25, 0.3) is 0 Å². The van der Waals surface area contributed by atoms with E-state index < -0.39 is 11.6 Å². The second-order valence-corrected chi connectivity index (χ2v) is 4.17. The number of hydrogen-bond acceptors (Lipinski definition) is 3. The molecule has 17 heavy (non-hydrogen) atoms. The van der Waals surface area contributed by atoms with Crippen LogP contribution in [0.15, 0.2) is 27.4 Å². The molecule has 0 aliphatic rings. The van der Waals surface area contributed by atoms with Crippen molar-refractivity contribution < 1.29 is 14.3 Å². The fraction of sp³-hybridized carbons (Fsp3) is 0.167. The molecule has 2 rings (SSSR count). The van der Waals surface area contributed by atoms with E-state index in [4.69, 9.17) is 21.1 Å². The quantitative estimate of drug-likeness (QED) is 0.834. The van der Waals surface area contributed by atoms with E-state index in [1.165, 1.54) is 6.07 Å². The zero-order chi connectivity index (χ0) is 12.6. The van der Waals surface area contributed by atoms with Crippen LogP contribution in [0.4, 0.5) is 0 Å². The molecule has 0 amide bonds. The van der Waals surface area contributed by atoms with Gasteiger partial charge in [-0.1, -0.05) is 11.6 Å². The van der Waals surface area contributed by atoms with Gasteiger partial charge in [0.15, 0.2) is 0 Å². The molecule has 5 heteroatoms. The highest BCUT2D eigenvalue weighted by Crippen LogP contribution is 2.25. The van der Waals surface area contributed by atoms with Crippen LogP contribution >= 0.6 is 11.6 Å². The number of carboxylic acid groups (broad SMARTS) is 1. The van der Waals surface area contributed by atoms with Gasteiger partial charge in [-0.3, -0.25) is 4.79 Å². The van der Waals surface area contributed by atoms with Crippen LogP contribution in [0.3, 0.4) is 0 Å². The Kier molecular flexibility index (Phi) is 2.90. The number of benzene rings is 1. The van der Waals surface area contributed by atoms with Gasteiger partial charge in [-0.05, 0) is 30.2 Å². The van der Waals surface area contributed by atoms with Crippen LogP contribution in [0.5, 0.6) is 0 Å². The summed E-state index contributed by atoms with van der Waals surface area (Å²) in [5.41, 5.74) is 0.978. The zero-order valence-corrected chi connectivity index (χ0v) is 9.75. The van der Waals surface area contributed by atoms with Crippen molar-refractivity contribution in [2.75, 3.05) is 0 Å². The average Bonchev–Trinajstić information content (AvgIpc) is 2.20. The third-order valence-corrected chi connectivity index (χ3v) is 2.86. The number of fused-ring (bicyclic) bond motifs is 1. The molecule has 1 aromatic carbocycles. The van der Waals surface area contributed by atoms with Crippen LogP contribution in [0.25, 0.3) is 11.0 Å². The molecule has 2 aromatic rings. The molecule has 0 bridgehead atoms. The highest BCUT2D eigenvalue weighted by molar-refractivity contribution is 6.32. The monoisotopic (exact) mass is 252 g/mol. The molecule has 0 saturated carbocycles. The molecule has 0 fully saturated rings. The predicted molar refractivity (Wildman–Crippen MR) is 63.6 cm³/mol. The van der Waals surface area contributed by atoms with Crippen LogP contribution in [-0.2, 0) is 11.2 Å². The first-order chi connectivity index (χ1) is 7.97. The van der Waals surface area contributed by atoms with E-state index in [-0.39, 0.29) is 6.42 Å². The topological polar surface area (TPSA) is 67.5 Å². The van der Waals surface area contributed by atoms with Crippen molar-refractivity contribution in [1.82, 2.24) is 0 Å². The summed E-state index contributed by atoms with van der Waals surface area (Å²) < 4.78 is 5.01. The van der Waals surface area contributed by atoms with Gasteiger partial charge in [0.1, 0.15) is 5.58 Å². The summed E-state index contributed by atoms with van der Waals surface area (Å²) in [6.07, 6.45) is -0.235. The van der Waals surface area contributed by atoms with E-state index in [0.717, 1.165) is 5.56 Å². The fourth-order valence-electron chi connectivity index (χ4n) is 1.66. The fourth-order valence-corrected chi connectivity index (χ4v) is 1.82. The highest BCUT2D eigenvalue weighted by atomic mass is 35.5. The SMILES string of the molecule is Cc1cc2oc(=O)cc(CC(=O)O)c2cc1Cl. The Balaban J connectivity index is 2.78.